The number of nitrogens with two attached hydrogens (primary N) is 1. The van der Waals surface area contributed by atoms with E-state index in [4.69, 9.17) is 5.73 Å². The average Bonchev–Trinajstić information content (AvgIpc) is 2.64. The van der Waals surface area contributed by atoms with Crippen molar-refractivity contribution < 1.29 is 4.79 Å². The highest BCUT2D eigenvalue weighted by Gasteiger charge is 2.08. The van der Waals surface area contributed by atoms with Crippen LogP contribution in [0.5, 0.6) is 0 Å². The van der Waals surface area contributed by atoms with E-state index in [9.17, 15) is 4.79 Å². The van der Waals surface area contributed by atoms with Crippen molar-refractivity contribution >= 4 is 17.2 Å². The van der Waals surface area contributed by atoms with Crippen molar-refractivity contribution in [3.8, 4) is 0 Å². The second kappa shape index (κ2) is 7.40. The topological polar surface area (TPSA) is 68.0 Å². The smallest absolute Gasteiger partial charge is 0.221 e. The number of nitrogens with zero attached hydrogens (tertiary/aromatic N) is 1. The molecule has 0 saturated heterocycles. The van der Waals surface area contributed by atoms with Crippen molar-refractivity contribution in [3.63, 3.8) is 0 Å². The molecule has 1 rings (SSSR count). The molecule has 1 atom stereocenters. The summed E-state index contributed by atoms with van der Waals surface area (Å²) in [7, 11) is 0. The van der Waals surface area contributed by atoms with Gasteiger partial charge in [-0.1, -0.05) is 13.3 Å². The molecule has 0 aliphatic rings. The van der Waals surface area contributed by atoms with Crippen LogP contribution in [-0.2, 0) is 11.2 Å². The summed E-state index contributed by atoms with van der Waals surface area (Å²) < 4.78 is 0. The van der Waals surface area contributed by atoms with Crippen molar-refractivity contribution in [1.82, 2.24) is 10.3 Å². The van der Waals surface area contributed by atoms with Crippen molar-refractivity contribution in [3.05, 3.63) is 16.1 Å². The van der Waals surface area contributed by atoms with Crippen LogP contribution in [0.15, 0.2) is 5.38 Å². The molecule has 3 N–H and O–H groups in total. The molecule has 0 radical (unpaired) electrons. The standard InChI is InChI=1S/C12H21N3OS/c1-3-4-10(13)7-11(16)14-6-5-12-15-9(2)8-17-12/h8,10H,3-7,13H2,1-2H3,(H,14,16). The molecule has 0 aromatic carbocycles. The Bertz CT molecular complexity index is 351. The van der Waals surface area contributed by atoms with Crippen LogP contribution in [0.1, 0.15) is 36.9 Å². The van der Waals surface area contributed by atoms with Gasteiger partial charge in [0, 0.05) is 36.5 Å². The minimum atomic E-state index is -0.0119. The van der Waals surface area contributed by atoms with E-state index in [0.29, 0.717) is 13.0 Å². The molecular weight excluding hydrogens is 234 g/mol. The average molecular weight is 255 g/mol. The summed E-state index contributed by atoms with van der Waals surface area (Å²) in [6, 6.07) is -0.0119. The molecule has 96 valence electrons. The number of carbonyl (C=O) groups excluding carboxylic acids is 1. The number of thiazole rings is 1. The van der Waals surface area contributed by atoms with Crippen molar-refractivity contribution in [2.24, 2.45) is 5.73 Å². The molecule has 17 heavy (non-hydrogen) atoms. The predicted molar refractivity (Wildman–Crippen MR) is 71.1 cm³/mol. The Morgan fingerprint density at radius 1 is 1.65 bits per heavy atom. The van der Waals surface area contributed by atoms with Crippen LogP contribution >= 0.6 is 11.3 Å². The van der Waals surface area contributed by atoms with Gasteiger partial charge >= 0.3 is 0 Å². The normalized spacial score (nSPS) is 12.4. The number of nitrogens with one attached hydrogen (secondary N) is 1. The summed E-state index contributed by atoms with van der Waals surface area (Å²) in [6.07, 6.45) is 3.14. The van der Waals surface area contributed by atoms with Gasteiger partial charge in [0.25, 0.3) is 0 Å². The molecule has 0 saturated carbocycles. The maximum absolute atomic E-state index is 11.5. The Morgan fingerprint density at radius 2 is 2.41 bits per heavy atom. The van der Waals surface area contributed by atoms with Crippen LogP contribution in [0.2, 0.25) is 0 Å². The summed E-state index contributed by atoms with van der Waals surface area (Å²) >= 11 is 1.64. The van der Waals surface area contributed by atoms with E-state index in [1.807, 2.05) is 12.3 Å². The van der Waals surface area contributed by atoms with Gasteiger partial charge in [0.2, 0.25) is 5.91 Å². The van der Waals surface area contributed by atoms with E-state index in [0.717, 1.165) is 30.0 Å². The molecule has 1 aromatic rings. The predicted octanol–water partition coefficient (Wildman–Crippen LogP) is 1.63. The lowest BCUT2D eigenvalue weighted by Gasteiger charge is -2.09. The molecule has 0 spiro atoms. The van der Waals surface area contributed by atoms with Crippen molar-refractivity contribution in [2.75, 3.05) is 6.54 Å². The van der Waals surface area contributed by atoms with Crippen LogP contribution in [0.4, 0.5) is 0 Å². The van der Waals surface area contributed by atoms with Gasteiger partial charge in [-0.3, -0.25) is 4.79 Å². The third-order valence-corrected chi connectivity index (χ3v) is 3.46. The Balaban J connectivity index is 2.16. The van der Waals surface area contributed by atoms with Gasteiger partial charge in [0.15, 0.2) is 0 Å². The number of hydrogen-bond donors (Lipinski definition) is 2. The van der Waals surface area contributed by atoms with Gasteiger partial charge in [-0.15, -0.1) is 11.3 Å². The molecule has 0 aliphatic heterocycles. The van der Waals surface area contributed by atoms with E-state index in [1.165, 1.54) is 0 Å². The first kappa shape index (κ1) is 14.1. The van der Waals surface area contributed by atoms with E-state index < -0.39 is 0 Å². The van der Waals surface area contributed by atoms with Crippen LogP contribution in [0, 0.1) is 6.92 Å². The van der Waals surface area contributed by atoms with E-state index in [1.54, 1.807) is 11.3 Å². The molecule has 1 unspecified atom stereocenters. The monoisotopic (exact) mass is 255 g/mol. The van der Waals surface area contributed by atoms with Gasteiger partial charge in [-0.25, -0.2) is 4.98 Å². The highest BCUT2D eigenvalue weighted by molar-refractivity contribution is 7.09. The number of carbonyl (C=O) groups is 1. The van der Waals surface area contributed by atoms with Gasteiger partial charge in [-0.2, -0.15) is 0 Å². The first-order valence-corrected chi connectivity index (χ1v) is 6.93. The third kappa shape index (κ3) is 5.79. The second-order valence-electron chi connectivity index (χ2n) is 4.24. The Kier molecular flexibility index (Phi) is 6.15. The van der Waals surface area contributed by atoms with Gasteiger partial charge in [0.1, 0.15) is 0 Å². The first-order valence-electron chi connectivity index (χ1n) is 6.05. The molecule has 0 bridgehead atoms. The minimum absolute atomic E-state index is 0.0119. The maximum Gasteiger partial charge on any atom is 0.221 e. The summed E-state index contributed by atoms with van der Waals surface area (Å²) in [5, 5.41) is 5.97. The highest BCUT2D eigenvalue weighted by atomic mass is 32.1. The summed E-state index contributed by atoms with van der Waals surface area (Å²) in [5.74, 6) is 0.0410. The maximum atomic E-state index is 11.5. The number of aromatic nitrogens is 1. The van der Waals surface area contributed by atoms with Gasteiger partial charge in [0.05, 0.1) is 5.01 Å². The number of hydrogen-bond acceptors (Lipinski definition) is 4. The van der Waals surface area contributed by atoms with Crippen LogP contribution in [-0.4, -0.2) is 23.5 Å². The van der Waals surface area contributed by atoms with Gasteiger partial charge in [-0.05, 0) is 13.3 Å². The first-order chi connectivity index (χ1) is 8.11. The SMILES string of the molecule is CCCC(N)CC(=O)NCCc1nc(C)cs1. The molecule has 1 aromatic heterocycles. The number of aryl methyl sites for hydroxylation is 1. The molecule has 1 amide bonds. The fraction of sp³-hybridized carbons (Fsp3) is 0.667. The molecule has 4 nitrogen and oxygen atoms in total. The summed E-state index contributed by atoms with van der Waals surface area (Å²) in [5.41, 5.74) is 6.84. The third-order valence-electron chi connectivity index (χ3n) is 2.43. The van der Waals surface area contributed by atoms with Crippen LogP contribution in [0.3, 0.4) is 0 Å². The lowest BCUT2D eigenvalue weighted by molar-refractivity contribution is -0.121. The summed E-state index contributed by atoms with van der Waals surface area (Å²) in [4.78, 5) is 15.9. The second-order valence-corrected chi connectivity index (χ2v) is 5.18. The van der Waals surface area contributed by atoms with E-state index in [2.05, 4.69) is 17.2 Å². The Hall–Kier alpha value is -0.940. The summed E-state index contributed by atoms with van der Waals surface area (Å²) in [6.45, 7) is 4.69. The minimum Gasteiger partial charge on any atom is -0.356 e. The fourth-order valence-corrected chi connectivity index (χ4v) is 2.39. The molecule has 0 fully saturated rings. The van der Waals surface area contributed by atoms with Crippen molar-refractivity contribution in [2.45, 2.75) is 45.6 Å². The zero-order valence-corrected chi connectivity index (χ0v) is 11.3. The fourth-order valence-electron chi connectivity index (χ4n) is 1.61. The Labute approximate surface area is 107 Å². The zero-order valence-electron chi connectivity index (χ0n) is 10.5. The van der Waals surface area contributed by atoms with E-state index in [-0.39, 0.29) is 11.9 Å². The lowest BCUT2D eigenvalue weighted by Crippen LogP contribution is -2.32. The molecule has 1 heterocycles. The molecular formula is C12H21N3OS. The van der Waals surface area contributed by atoms with E-state index >= 15 is 0 Å². The molecule has 0 aliphatic carbocycles. The van der Waals surface area contributed by atoms with Gasteiger partial charge < -0.3 is 11.1 Å². The van der Waals surface area contributed by atoms with Crippen molar-refractivity contribution in [1.29, 1.82) is 0 Å². The Morgan fingerprint density at radius 3 is 3.00 bits per heavy atom. The van der Waals surface area contributed by atoms with Crippen LogP contribution < -0.4 is 11.1 Å². The highest BCUT2D eigenvalue weighted by Crippen LogP contribution is 2.08. The number of amides is 1. The largest absolute Gasteiger partial charge is 0.356 e. The zero-order chi connectivity index (χ0) is 12.7. The molecule has 5 heteroatoms. The van der Waals surface area contributed by atoms with Crippen LogP contribution in [0.25, 0.3) is 0 Å². The quantitative estimate of drug-likeness (QED) is 0.778. The lowest BCUT2D eigenvalue weighted by atomic mass is 10.1. The number of rotatable bonds is 7.